The van der Waals surface area contributed by atoms with Crippen molar-refractivity contribution in [2.45, 2.75) is 20.8 Å². The molecule has 2 aromatic carbocycles. The monoisotopic (exact) mass is 285 g/mol. The second-order valence-corrected chi connectivity index (χ2v) is 5.12. The molecule has 0 radical (unpaired) electrons. The molecular weight excluding hydrogens is 266 g/mol. The van der Waals surface area contributed by atoms with Crippen LogP contribution in [-0.2, 0) is 4.74 Å². The zero-order valence-electron chi connectivity index (χ0n) is 12.7. The Balaban J connectivity index is 2.40. The number of ether oxygens (including phenoxy) is 2. The Morgan fingerprint density at radius 1 is 0.952 bits per heavy atom. The van der Waals surface area contributed by atoms with Gasteiger partial charge in [0.25, 0.3) is 0 Å². The van der Waals surface area contributed by atoms with Crippen LogP contribution in [0, 0.1) is 20.8 Å². The summed E-state index contributed by atoms with van der Waals surface area (Å²) in [5.74, 6) is 0.820. The lowest BCUT2D eigenvalue weighted by Crippen LogP contribution is -2.07. The molecule has 0 heterocycles. The van der Waals surface area contributed by atoms with Crippen LogP contribution in [0.1, 0.15) is 27.0 Å². The Morgan fingerprint density at radius 3 is 2.10 bits per heavy atom. The first kappa shape index (κ1) is 14.9. The van der Waals surface area contributed by atoms with Gasteiger partial charge < -0.3 is 15.2 Å². The van der Waals surface area contributed by atoms with E-state index < -0.39 is 5.97 Å². The number of aryl methyl sites for hydroxylation is 3. The minimum Gasteiger partial charge on any atom is -0.465 e. The Labute approximate surface area is 124 Å². The maximum Gasteiger partial charge on any atom is 0.340 e. The predicted octanol–water partition coefficient (Wildman–Crippen LogP) is 3.77. The summed E-state index contributed by atoms with van der Waals surface area (Å²) >= 11 is 0. The highest BCUT2D eigenvalue weighted by Crippen LogP contribution is 2.29. The van der Waals surface area contributed by atoms with Gasteiger partial charge in [-0.25, -0.2) is 4.79 Å². The van der Waals surface area contributed by atoms with Gasteiger partial charge in [-0.05, 0) is 61.7 Å². The molecule has 110 valence electrons. The van der Waals surface area contributed by atoms with Gasteiger partial charge in [-0.1, -0.05) is 6.07 Å². The number of nitrogen functional groups attached to an aromatic ring is 1. The highest BCUT2D eigenvalue weighted by atomic mass is 16.5. The van der Waals surface area contributed by atoms with Crippen LogP contribution in [0.5, 0.6) is 11.5 Å². The molecule has 0 saturated carbocycles. The first-order valence-electron chi connectivity index (χ1n) is 6.65. The van der Waals surface area contributed by atoms with Gasteiger partial charge in [0, 0.05) is 5.69 Å². The number of hydrogen-bond donors (Lipinski definition) is 1. The summed E-state index contributed by atoms with van der Waals surface area (Å²) < 4.78 is 10.6. The third-order valence-corrected chi connectivity index (χ3v) is 3.20. The number of benzene rings is 2. The van der Waals surface area contributed by atoms with Gasteiger partial charge in [0.15, 0.2) is 0 Å². The fourth-order valence-corrected chi connectivity index (χ4v) is 2.23. The molecule has 4 heteroatoms. The van der Waals surface area contributed by atoms with E-state index in [-0.39, 0.29) is 0 Å². The average molecular weight is 285 g/mol. The van der Waals surface area contributed by atoms with Gasteiger partial charge in [-0.3, -0.25) is 0 Å². The van der Waals surface area contributed by atoms with Crippen LogP contribution in [-0.4, -0.2) is 13.1 Å². The van der Waals surface area contributed by atoms with Crippen molar-refractivity contribution in [1.82, 2.24) is 0 Å². The molecule has 0 fully saturated rings. The lowest BCUT2D eigenvalue weighted by atomic mass is 10.1. The van der Waals surface area contributed by atoms with Crippen LogP contribution in [0.3, 0.4) is 0 Å². The van der Waals surface area contributed by atoms with Crippen LogP contribution in [0.2, 0.25) is 0 Å². The van der Waals surface area contributed by atoms with Crippen LogP contribution < -0.4 is 10.5 Å². The molecule has 0 spiro atoms. The number of carbonyl (C=O) groups excluding carboxylic acids is 1. The van der Waals surface area contributed by atoms with Crippen LogP contribution in [0.15, 0.2) is 30.3 Å². The lowest BCUT2D eigenvalue weighted by molar-refractivity contribution is 0.0601. The summed E-state index contributed by atoms with van der Waals surface area (Å²) in [6.45, 7) is 5.85. The lowest BCUT2D eigenvalue weighted by Gasteiger charge is -2.12. The standard InChI is InChI=1S/C17H19NO3/c1-10-5-11(2)7-13(6-10)21-14-8-12(3)16(18)15(9-14)17(19)20-4/h5-9H,18H2,1-4H3. The van der Waals surface area contributed by atoms with Crippen molar-refractivity contribution in [3.05, 3.63) is 52.6 Å². The summed E-state index contributed by atoms with van der Waals surface area (Å²) in [5.41, 5.74) is 9.65. The molecule has 21 heavy (non-hydrogen) atoms. The first-order chi connectivity index (χ1) is 9.90. The highest BCUT2D eigenvalue weighted by molar-refractivity contribution is 5.96. The van der Waals surface area contributed by atoms with E-state index in [1.807, 2.05) is 32.9 Å². The molecule has 0 aliphatic rings. The number of nitrogens with two attached hydrogens (primary N) is 1. The largest absolute Gasteiger partial charge is 0.465 e. The molecule has 0 atom stereocenters. The second kappa shape index (κ2) is 5.87. The molecule has 0 aliphatic heterocycles. The van der Waals surface area contributed by atoms with E-state index in [0.29, 0.717) is 17.0 Å². The average Bonchev–Trinajstić information content (AvgIpc) is 2.40. The molecule has 2 rings (SSSR count). The summed E-state index contributed by atoms with van der Waals surface area (Å²) in [6.07, 6.45) is 0. The normalized spacial score (nSPS) is 10.3. The third-order valence-electron chi connectivity index (χ3n) is 3.20. The maximum absolute atomic E-state index is 11.7. The van der Waals surface area contributed by atoms with E-state index in [0.717, 1.165) is 22.4 Å². The van der Waals surface area contributed by atoms with Crippen LogP contribution in [0.4, 0.5) is 5.69 Å². The summed E-state index contributed by atoms with van der Waals surface area (Å²) in [6, 6.07) is 9.36. The molecule has 0 saturated heterocycles. The van der Waals surface area contributed by atoms with E-state index >= 15 is 0 Å². The Hall–Kier alpha value is -2.49. The number of methoxy groups -OCH3 is 1. The zero-order chi connectivity index (χ0) is 15.6. The van der Waals surface area contributed by atoms with Crippen molar-refractivity contribution in [2.75, 3.05) is 12.8 Å². The molecule has 0 aromatic heterocycles. The van der Waals surface area contributed by atoms with Gasteiger partial charge in [0.05, 0.1) is 12.7 Å². The Morgan fingerprint density at radius 2 is 1.52 bits per heavy atom. The second-order valence-electron chi connectivity index (χ2n) is 5.12. The number of anilines is 1. The van der Waals surface area contributed by atoms with Crippen LogP contribution >= 0.6 is 0 Å². The van der Waals surface area contributed by atoms with Crippen LogP contribution in [0.25, 0.3) is 0 Å². The van der Waals surface area contributed by atoms with Gasteiger partial charge in [0.1, 0.15) is 11.5 Å². The number of carbonyl (C=O) groups is 1. The maximum atomic E-state index is 11.7. The molecule has 0 unspecified atom stereocenters. The van der Waals surface area contributed by atoms with E-state index in [2.05, 4.69) is 6.07 Å². The quantitative estimate of drug-likeness (QED) is 0.688. The zero-order valence-corrected chi connectivity index (χ0v) is 12.7. The topological polar surface area (TPSA) is 61.5 Å². The van der Waals surface area contributed by atoms with Gasteiger partial charge in [-0.15, -0.1) is 0 Å². The number of hydrogen-bond acceptors (Lipinski definition) is 4. The Bertz CT molecular complexity index is 672. The molecule has 2 N–H and O–H groups in total. The minimum atomic E-state index is -0.471. The molecule has 0 bridgehead atoms. The van der Waals surface area contributed by atoms with Gasteiger partial charge in [0.2, 0.25) is 0 Å². The predicted molar refractivity (Wildman–Crippen MR) is 82.9 cm³/mol. The summed E-state index contributed by atoms with van der Waals surface area (Å²) in [5, 5.41) is 0. The van der Waals surface area contributed by atoms with Crippen molar-refractivity contribution in [1.29, 1.82) is 0 Å². The van der Waals surface area contributed by atoms with Crippen molar-refractivity contribution in [3.8, 4) is 11.5 Å². The SMILES string of the molecule is COC(=O)c1cc(Oc2cc(C)cc(C)c2)cc(C)c1N. The van der Waals surface area contributed by atoms with Crippen molar-refractivity contribution in [2.24, 2.45) is 0 Å². The number of rotatable bonds is 3. The molecule has 0 aliphatic carbocycles. The van der Waals surface area contributed by atoms with Gasteiger partial charge in [-0.2, -0.15) is 0 Å². The summed E-state index contributed by atoms with van der Waals surface area (Å²) in [7, 11) is 1.33. The smallest absolute Gasteiger partial charge is 0.340 e. The molecule has 4 nitrogen and oxygen atoms in total. The molecular formula is C17H19NO3. The number of esters is 1. The van der Waals surface area contributed by atoms with E-state index in [4.69, 9.17) is 15.2 Å². The van der Waals surface area contributed by atoms with E-state index in [9.17, 15) is 4.79 Å². The third kappa shape index (κ3) is 3.34. The van der Waals surface area contributed by atoms with E-state index in [1.165, 1.54) is 7.11 Å². The fourth-order valence-electron chi connectivity index (χ4n) is 2.23. The Kier molecular flexibility index (Phi) is 4.17. The fraction of sp³-hybridized carbons (Fsp3) is 0.235. The van der Waals surface area contributed by atoms with Crippen molar-refractivity contribution in [3.63, 3.8) is 0 Å². The highest BCUT2D eigenvalue weighted by Gasteiger charge is 2.14. The molecule has 0 amide bonds. The summed E-state index contributed by atoms with van der Waals surface area (Å²) in [4.78, 5) is 11.7. The van der Waals surface area contributed by atoms with E-state index in [1.54, 1.807) is 12.1 Å². The van der Waals surface area contributed by atoms with Gasteiger partial charge >= 0.3 is 5.97 Å². The van der Waals surface area contributed by atoms with Crippen molar-refractivity contribution >= 4 is 11.7 Å². The molecule has 2 aromatic rings. The van der Waals surface area contributed by atoms with Crippen molar-refractivity contribution < 1.29 is 14.3 Å². The minimum absolute atomic E-state index is 0.317. The first-order valence-corrected chi connectivity index (χ1v) is 6.65.